The van der Waals surface area contributed by atoms with E-state index in [4.69, 9.17) is 4.74 Å². The third-order valence-corrected chi connectivity index (χ3v) is 4.64. The summed E-state index contributed by atoms with van der Waals surface area (Å²) in [4.78, 5) is 30.5. The van der Waals surface area contributed by atoms with Crippen molar-refractivity contribution in [3.63, 3.8) is 0 Å². The fraction of sp³-hybridized carbons (Fsp3) is 0.381. The molecule has 0 spiro atoms. The number of carboxylic acid groups (broad SMARTS) is 1. The lowest BCUT2D eigenvalue weighted by molar-refractivity contribution is -0.139. The van der Waals surface area contributed by atoms with Crippen molar-refractivity contribution in [2.24, 2.45) is 0 Å². The molecule has 7 heteroatoms. The lowest BCUT2D eigenvalue weighted by Crippen LogP contribution is -2.46. The molecule has 148 valence electrons. The van der Waals surface area contributed by atoms with Crippen LogP contribution in [0.3, 0.4) is 0 Å². The van der Waals surface area contributed by atoms with E-state index in [-0.39, 0.29) is 18.6 Å². The van der Waals surface area contributed by atoms with Gasteiger partial charge < -0.3 is 20.1 Å². The highest BCUT2D eigenvalue weighted by Crippen LogP contribution is 2.18. The van der Waals surface area contributed by atoms with E-state index in [1.165, 1.54) is 6.20 Å². The highest BCUT2D eigenvalue weighted by Gasteiger charge is 2.24. The van der Waals surface area contributed by atoms with Crippen LogP contribution in [0.5, 0.6) is 0 Å². The van der Waals surface area contributed by atoms with Crippen LogP contribution in [0, 0.1) is 0 Å². The van der Waals surface area contributed by atoms with Gasteiger partial charge in [0.25, 0.3) is 5.91 Å². The van der Waals surface area contributed by atoms with Gasteiger partial charge in [0.1, 0.15) is 11.9 Å². The number of carbonyl (C=O) groups excluding carboxylic acids is 1. The number of anilines is 1. The van der Waals surface area contributed by atoms with Crippen molar-refractivity contribution in [2.75, 3.05) is 18.0 Å². The number of amides is 1. The number of hydrogen-bond donors (Lipinski definition) is 2. The average molecular weight is 383 g/mol. The number of nitrogens with one attached hydrogen (secondary N) is 1. The Bertz CT molecular complexity index is 800. The summed E-state index contributed by atoms with van der Waals surface area (Å²) in [5.74, 6) is -0.748. The zero-order chi connectivity index (χ0) is 20.1. The van der Waals surface area contributed by atoms with Crippen LogP contribution in [0.4, 0.5) is 5.82 Å². The molecule has 3 rings (SSSR count). The number of pyridine rings is 1. The van der Waals surface area contributed by atoms with E-state index in [0.717, 1.165) is 24.5 Å². The lowest BCUT2D eigenvalue weighted by Gasteiger charge is -2.36. The van der Waals surface area contributed by atoms with E-state index in [9.17, 15) is 14.7 Å². The number of aliphatic carboxylic acids is 1. The number of aromatic nitrogens is 1. The lowest BCUT2D eigenvalue weighted by atomic mass is 10.1. The summed E-state index contributed by atoms with van der Waals surface area (Å²) in [5, 5.41) is 12.0. The van der Waals surface area contributed by atoms with Gasteiger partial charge in [0.15, 0.2) is 0 Å². The molecule has 3 atom stereocenters. The van der Waals surface area contributed by atoms with E-state index in [2.05, 4.69) is 15.2 Å². The van der Waals surface area contributed by atoms with Crippen molar-refractivity contribution < 1.29 is 19.4 Å². The first-order chi connectivity index (χ1) is 13.4. The minimum Gasteiger partial charge on any atom is -0.480 e. The number of morpholine rings is 1. The van der Waals surface area contributed by atoms with Crippen LogP contribution in [-0.4, -0.2) is 53.3 Å². The van der Waals surface area contributed by atoms with Crippen LogP contribution >= 0.6 is 0 Å². The van der Waals surface area contributed by atoms with E-state index >= 15 is 0 Å². The molecular formula is C21H25N3O4. The quantitative estimate of drug-likeness (QED) is 0.794. The van der Waals surface area contributed by atoms with Crippen LogP contribution < -0.4 is 10.2 Å². The largest absolute Gasteiger partial charge is 0.480 e. The summed E-state index contributed by atoms with van der Waals surface area (Å²) in [6.45, 7) is 5.51. The zero-order valence-corrected chi connectivity index (χ0v) is 16.0. The molecule has 2 aromatic rings. The molecule has 2 unspecified atom stereocenters. The van der Waals surface area contributed by atoms with Crippen LogP contribution in [0.1, 0.15) is 29.8 Å². The number of carboxylic acids is 1. The molecule has 1 fully saturated rings. The molecule has 1 amide bonds. The minimum atomic E-state index is -1.07. The summed E-state index contributed by atoms with van der Waals surface area (Å²) in [5.41, 5.74) is 1.18. The number of hydrogen-bond acceptors (Lipinski definition) is 5. The predicted molar refractivity (Wildman–Crippen MR) is 105 cm³/mol. The second-order valence-corrected chi connectivity index (χ2v) is 7.12. The Balaban J connectivity index is 1.65. The van der Waals surface area contributed by atoms with Gasteiger partial charge in [-0.1, -0.05) is 30.3 Å². The van der Waals surface area contributed by atoms with Gasteiger partial charge in [-0.2, -0.15) is 0 Å². The van der Waals surface area contributed by atoms with E-state index in [1.807, 2.05) is 44.2 Å². The van der Waals surface area contributed by atoms with Crippen LogP contribution in [-0.2, 0) is 16.0 Å². The Kier molecular flexibility index (Phi) is 6.26. The molecule has 0 radical (unpaired) electrons. The average Bonchev–Trinajstić information content (AvgIpc) is 2.67. The Morgan fingerprint density at radius 1 is 1.18 bits per heavy atom. The van der Waals surface area contributed by atoms with E-state index < -0.39 is 17.9 Å². The second-order valence-electron chi connectivity index (χ2n) is 7.12. The van der Waals surface area contributed by atoms with Gasteiger partial charge >= 0.3 is 5.97 Å². The number of nitrogens with zero attached hydrogens (tertiary/aromatic N) is 2. The first-order valence-electron chi connectivity index (χ1n) is 9.36. The van der Waals surface area contributed by atoms with Crippen molar-refractivity contribution in [2.45, 2.75) is 38.5 Å². The molecule has 1 aliphatic heterocycles. The van der Waals surface area contributed by atoms with Crippen LogP contribution in [0.15, 0.2) is 48.7 Å². The van der Waals surface area contributed by atoms with Gasteiger partial charge in [-0.25, -0.2) is 9.78 Å². The molecule has 2 heterocycles. The maximum absolute atomic E-state index is 12.5. The number of benzene rings is 1. The molecule has 1 aromatic carbocycles. The number of rotatable bonds is 6. The minimum absolute atomic E-state index is 0.114. The monoisotopic (exact) mass is 383 g/mol. The molecule has 1 aromatic heterocycles. The first kappa shape index (κ1) is 19.8. The van der Waals surface area contributed by atoms with Gasteiger partial charge in [0.05, 0.1) is 17.8 Å². The van der Waals surface area contributed by atoms with Crippen molar-refractivity contribution in [1.82, 2.24) is 10.3 Å². The SMILES string of the molecule is CC1CN(c2ccc(C(=O)N[C@@H](Cc3ccccc3)C(=O)O)cn2)CC(C)O1. The van der Waals surface area contributed by atoms with Gasteiger partial charge in [-0.15, -0.1) is 0 Å². The summed E-state index contributed by atoms with van der Waals surface area (Å²) in [6, 6.07) is 11.7. The molecule has 0 bridgehead atoms. The smallest absolute Gasteiger partial charge is 0.326 e. The molecule has 0 saturated carbocycles. The molecule has 1 aliphatic rings. The van der Waals surface area contributed by atoms with Gasteiger partial charge in [0, 0.05) is 25.7 Å². The Labute approximate surface area is 164 Å². The second kappa shape index (κ2) is 8.84. The predicted octanol–water partition coefficient (Wildman–Crippen LogP) is 2.12. The summed E-state index contributed by atoms with van der Waals surface area (Å²) in [6.07, 6.45) is 1.93. The van der Waals surface area contributed by atoms with Crippen LogP contribution in [0.2, 0.25) is 0 Å². The fourth-order valence-electron chi connectivity index (χ4n) is 3.36. The van der Waals surface area contributed by atoms with Crippen molar-refractivity contribution >= 4 is 17.7 Å². The zero-order valence-electron chi connectivity index (χ0n) is 16.0. The Morgan fingerprint density at radius 2 is 1.86 bits per heavy atom. The normalized spacial score (nSPS) is 20.4. The molecule has 7 nitrogen and oxygen atoms in total. The topological polar surface area (TPSA) is 91.8 Å². The van der Waals surface area contributed by atoms with Gasteiger partial charge in [-0.3, -0.25) is 4.79 Å². The summed E-state index contributed by atoms with van der Waals surface area (Å²) >= 11 is 0. The molecule has 28 heavy (non-hydrogen) atoms. The Morgan fingerprint density at radius 3 is 2.43 bits per heavy atom. The van der Waals surface area contributed by atoms with Crippen molar-refractivity contribution in [3.05, 3.63) is 59.8 Å². The molecular weight excluding hydrogens is 358 g/mol. The number of carbonyl (C=O) groups is 2. The van der Waals surface area contributed by atoms with Gasteiger partial charge in [-0.05, 0) is 31.5 Å². The molecule has 0 aliphatic carbocycles. The van der Waals surface area contributed by atoms with Crippen molar-refractivity contribution in [1.29, 1.82) is 0 Å². The highest BCUT2D eigenvalue weighted by atomic mass is 16.5. The molecule has 2 N–H and O–H groups in total. The molecule has 1 saturated heterocycles. The van der Waals surface area contributed by atoms with E-state index in [1.54, 1.807) is 12.1 Å². The van der Waals surface area contributed by atoms with E-state index in [0.29, 0.717) is 5.56 Å². The first-order valence-corrected chi connectivity index (χ1v) is 9.36. The summed E-state index contributed by atoms with van der Waals surface area (Å²) < 4.78 is 5.73. The van der Waals surface area contributed by atoms with Crippen LogP contribution in [0.25, 0.3) is 0 Å². The maximum atomic E-state index is 12.5. The number of ether oxygens (including phenoxy) is 1. The highest BCUT2D eigenvalue weighted by molar-refractivity contribution is 5.96. The Hall–Kier alpha value is -2.93. The van der Waals surface area contributed by atoms with Gasteiger partial charge in [0.2, 0.25) is 0 Å². The maximum Gasteiger partial charge on any atom is 0.326 e. The summed E-state index contributed by atoms with van der Waals surface area (Å²) in [7, 11) is 0. The standard InChI is InChI=1S/C21H25N3O4/c1-14-12-24(13-15(2)28-14)19-9-8-17(11-22-19)20(25)23-18(21(26)27)10-16-6-4-3-5-7-16/h3-9,11,14-15,18H,10,12-13H2,1-2H3,(H,23,25)(H,26,27)/t14?,15?,18-/m0/s1. The third-order valence-electron chi connectivity index (χ3n) is 4.64. The van der Waals surface area contributed by atoms with Crippen molar-refractivity contribution in [3.8, 4) is 0 Å². The third kappa shape index (κ3) is 5.07. The fourth-order valence-corrected chi connectivity index (χ4v) is 3.36.